The van der Waals surface area contributed by atoms with Crippen molar-refractivity contribution in [2.75, 3.05) is 12.3 Å². The molecule has 11 nitrogen and oxygen atoms in total. The van der Waals surface area contributed by atoms with Gasteiger partial charge in [0.1, 0.15) is 36.3 Å². The van der Waals surface area contributed by atoms with Gasteiger partial charge in [0, 0.05) is 0 Å². The number of fused-ring (bicyclic) bond motifs is 2. The fourth-order valence-corrected chi connectivity index (χ4v) is 8.93. The van der Waals surface area contributed by atoms with Gasteiger partial charge in [-0.05, 0) is 32.6 Å². The third-order valence-electron chi connectivity index (χ3n) is 10.6. The van der Waals surface area contributed by atoms with Gasteiger partial charge >= 0.3 is 0 Å². The maximum Gasteiger partial charge on any atom is 0.274 e. The molecule has 2 aliphatic rings. The van der Waals surface area contributed by atoms with Crippen molar-refractivity contribution in [1.82, 2.24) is 14.6 Å². The molecule has 1 saturated heterocycles. The van der Waals surface area contributed by atoms with Crippen LogP contribution in [0, 0.1) is 0 Å². The zero-order valence-corrected chi connectivity index (χ0v) is 32.9. The number of benzene rings is 1. The van der Waals surface area contributed by atoms with Crippen LogP contribution in [0.25, 0.3) is 5.52 Å². The molecule has 3 aromatic rings. The molecule has 0 bridgehead atoms. The van der Waals surface area contributed by atoms with Crippen molar-refractivity contribution in [3.63, 3.8) is 0 Å². The monoisotopic (exact) mass is 760 g/mol. The predicted octanol–water partition coefficient (Wildman–Crippen LogP) is 8.70. The topological polar surface area (TPSA) is 154 Å². The average Bonchev–Trinajstić information content (AvgIpc) is 3.38. The van der Waals surface area contributed by atoms with Gasteiger partial charge in [-0.3, -0.25) is 0 Å². The Kier molecular flexibility index (Phi) is 16.4. The number of aliphatic hydroxyl groups is 2. The number of hydrogen-bond donors (Lipinski definition) is 4. The van der Waals surface area contributed by atoms with Crippen molar-refractivity contribution >= 4 is 27.1 Å². The molecule has 0 radical (unpaired) electrons. The average molecular weight is 761 g/mol. The molecular weight excluding hydrogens is 698 g/mol. The number of aromatic nitrogens is 3. The van der Waals surface area contributed by atoms with E-state index in [-0.39, 0.29) is 12.7 Å². The molecule has 7 atom stereocenters. The Morgan fingerprint density at radius 1 is 0.904 bits per heavy atom. The van der Waals surface area contributed by atoms with E-state index in [0.29, 0.717) is 23.6 Å². The van der Waals surface area contributed by atoms with Crippen LogP contribution in [-0.4, -0.2) is 66.3 Å². The van der Waals surface area contributed by atoms with E-state index in [2.05, 4.69) is 25.5 Å². The summed E-state index contributed by atoms with van der Waals surface area (Å²) < 4.78 is 25.5. The maximum atomic E-state index is 11.3. The first-order chi connectivity index (χ1) is 25.2. The number of nitrogens with zero attached hydrogens (tertiary/aromatic N) is 3. The van der Waals surface area contributed by atoms with Crippen LogP contribution in [-0.2, 0) is 25.1 Å². The predicted molar refractivity (Wildman–Crippen MR) is 208 cm³/mol. The SMILES string of the molecule is CCCCCCCCCCCCCCCCCCC[C@H](COP(O)(=P)OC1[C@H]2O[C@@H](c3ccc4c(N)ncnn34)[C@H](O)[C@@]12O)OCc1ccccc1. The third kappa shape index (κ3) is 11.5. The molecule has 5 rings (SSSR count). The Morgan fingerprint density at radius 2 is 1.50 bits per heavy atom. The first-order valence-electron chi connectivity index (χ1n) is 19.7. The highest BCUT2D eigenvalue weighted by atomic mass is 31.8. The van der Waals surface area contributed by atoms with Gasteiger partial charge in [-0.15, -0.1) is 0 Å². The molecule has 5 N–H and O–H groups in total. The summed E-state index contributed by atoms with van der Waals surface area (Å²) in [7, 11) is -0.284. The second-order valence-electron chi connectivity index (χ2n) is 14.7. The normalized spacial score (nSPS) is 24.2. The summed E-state index contributed by atoms with van der Waals surface area (Å²) in [5, 5.41) is 26.6. The Balaban J connectivity index is 0.985. The van der Waals surface area contributed by atoms with Crippen LogP contribution < -0.4 is 5.73 Å². The van der Waals surface area contributed by atoms with E-state index < -0.39 is 37.2 Å². The van der Waals surface area contributed by atoms with Gasteiger partial charge in [-0.1, -0.05) is 146 Å². The van der Waals surface area contributed by atoms with Gasteiger partial charge in [0.05, 0.1) is 25.0 Å². The molecule has 2 fully saturated rings. The van der Waals surface area contributed by atoms with E-state index in [4.69, 9.17) is 24.3 Å². The van der Waals surface area contributed by atoms with Gasteiger partial charge in [-0.25, -0.2) is 9.50 Å². The first kappa shape index (κ1) is 41.3. The summed E-state index contributed by atoms with van der Waals surface area (Å²) in [6.07, 6.45) is 20.3. The molecule has 2 aromatic heterocycles. The van der Waals surface area contributed by atoms with E-state index >= 15 is 0 Å². The second-order valence-corrected chi connectivity index (χ2v) is 17.9. The van der Waals surface area contributed by atoms with Gasteiger partial charge in [-0.2, -0.15) is 5.10 Å². The lowest BCUT2D eigenvalue weighted by atomic mass is 10.0. The van der Waals surface area contributed by atoms with Crippen LogP contribution in [0.5, 0.6) is 0 Å². The van der Waals surface area contributed by atoms with Gasteiger partial charge < -0.3 is 39.4 Å². The summed E-state index contributed by atoms with van der Waals surface area (Å²) in [6.45, 7) is 2.82. The summed E-state index contributed by atoms with van der Waals surface area (Å²) in [4.78, 5) is 15.1. The van der Waals surface area contributed by atoms with E-state index in [1.54, 1.807) is 12.1 Å². The van der Waals surface area contributed by atoms with Crippen molar-refractivity contribution in [2.45, 2.75) is 165 Å². The molecule has 0 amide bonds. The molecule has 0 spiro atoms. The molecule has 13 heteroatoms. The smallest absolute Gasteiger partial charge is 0.274 e. The van der Waals surface area contributed by atoms with Gasteiger partial charge in [0.15, 0.2) is 11.4 Å². The molecule has 1 saturated carbocycles. The maximum absolute atomic E-state index is 11.3. The minimum Gasteiger partial charge on any atom is -0.387 e. The van der Waals surface area contributed by atoms with Crippen molar-refractivity contribution in [3.8, 4) is 0 Å². The third-order valence-corrected chi connectivity index (χ3v) is 12.3. The van der Waals surface area contributed by atoms with E-state index in [1.165, 1.54) is 107 Å². The van der Waals surface area contributed by atoms with Crippen LogP contribution in [0.3, 0.4) is 0 Å². The summed E-state index contributed by atoms with van der Waals surface area (Å²) in [6, 6.07) is 13.4. The van der Waals surface area contributed by atoms with E-state index in [1.807, 2.05) is 30.3 Å². The van der Waals surface area contributed by atoms with Crippen LogP contribution in [0.15, 0.2) is 48.8 Å². The highest BCUT2D eigenvalue weighted by molar-refractivity contribution is 7.88. The fourth-order valence-electron chi connectivity index (χ4n) is 7.35. The number of ether oxygens (including phenoxy) is 2. The van der Waals surface area contributed by atoms with Crippen molar-refractivity contribution < 1.29 is 33.6 Å². The Labute approximate surface area is 312 Å². The molecule has 3 heterocycles. The minimum atomic E-state index is -3.58. The lowest BCUT2D eigenvalue weighted by molar-refractivity contribution is -0.0678. The quantitative estimate of drug-likeness (QED) is 0.0438. The number of rotatable bonds is 27. The van der Waals surface area contributed by atoms with Gasteiger partial charge in [0.25, 0.3) is 7.23 Å². The molecule has 290 valence electrons. The van der Waals surface area contributed by atoms with Crippen LogP contribution >= 0.6 is 15.8 Å². The number of nitrogens with two attached hydrogens (primary N) is 1. The Bertz CT molecular complexity index is 1530. The standard InChI is InChI=1S/C39H62N4O7P2/c1-2-3-4-5-6-7-8-9-10-11-12-13-14-15-16-17-21-24-31(47-27-30-22-19-18-20-23-30)28-48-52(46,51)50-37-36-39(37,45)35(44)34(49-36)32-25-26-33-38(40)41-29-42-43(32)33/h18-20,22-23,25-26,29,31,34-37,44-46,51H,2-17,21,24,27-28H2,1H3,(H2,40,41,42)/t31-,34+,35+,36-,37?,39+,52?/m1/s1. The highest BCUT2D eigenvalue weighted by Gasteiger charge is 2.78. The minimum absolute atomic E-state index is 0.110. The number of nitrogen functional groups attached to an aromatic ring is 1. The van der Waals surface area contributed by atoms with Crippen LogP contribution in [0.4, 0.5) is 5.82 Å². The molecule has 2 unspecified atom stereocenters. The highest BCUT2D eigenvalue weighted by Crippen LogP contribution is 2.63. The molecular formula is C39H62N4O7P2. The lowest BCUT2D eigenvalue weighted by Crippen LogP contribution is -2.35. The molecule has 1 aliphatic carbocycles. The van der Waals surface area contributed by atoms with Crippen molar-refractivity contribution in [2.24, 2.45) is 0 Å². The van der Waals surface area contributed by atoms with Crippen LogP contribution in [0.2, 0.25) is 0 Å². The van der Waals surface area contributed by atoms with Crippen molar-refractivity contribution in [1.29, 1.82) is 0 Å². The largest absolute Gasteiger partial charge is 0.387 e. The molecule has 1 aromatic carbocycles. The zero-order valence-electron chi connectivity index (χ0n) is 31.0. The number of aliphatic hydroxyl groups excluding tert-OH is 1. The summed E-state index contributed by atoms with van der Waals surface area (Å²) in [5.74, 6) is 0.293. The van der Waals surface area contributed by atoms with Crippen molar-refractivity contribution in [3.05, 3.63) is 60.0 Å². The second kappa shape index (κ2) is 20.7. The Hall–Kier alpha value is -1.91. The zero-order chi connectivity index (χ0) is 36.8. The molecule has 1 aliphatic heterocycles. The van der Waals surface area contributed by atoms with Crippen LogP contribution in [0.1, 0.15) is 140 Å². The van der Waals surface area contributed by atoms with E-state index in [9.17, 15) is 15.1 Å². The summed E-state index contributed by atoms with van der Waals surface area (Å²) >= 11 is 0. The number of anilines is 1. The van der Waals surface area contributed by atoms with E-state index in [0.717, 1.165) is 24.8 Å². The lowest BCUT2D eigenvalue weighted by Gasteiger charge is -2.26. The summed E-state index contributed by atoms with van der Waals surface area (Å²) in [5.41, 5.74) is 6.39. The van der Waals surface area contributed by atoms with Gasteiger partial charge in [0.2, 0.25) is 0 Å². The fraction of sp³-hybridized carbons (Fsp3) is 0.692. The Morgan fingerprint density at radius 3 is 2.08 bits per heavy atom. The number of unbranched alkanes of at least 4 members (excludes halogenated alkanes) is 16. The number of hydrogen-bond acceptors (Lipinski definition) is 9. The first-order valence-corrected chi connectivity index (χ1v) is 22.7. The molecule has 52 heavy (non-hydrogen) atoms.